The number of nitriles is 1. The number of nitrogens with zero attached hydrogens (tertiary/aromatic N) is 3. The molecule has 0 saturated heterocycles. The number of aryl methyl sites for hydroxylation is 1. The molecule has 142 valence electrons. The number of carbonyl (C=O) groups excluding carboxylic acids is 2. The van der Waals surface area contributed by atoms with Gasteiger partial charge in [0.1, 0.15) is 16.6 Å². The van der Waals surface area contributed by atoms with E-state index in [1.165, 1.54) is 18.3 Å². The molecule has 0 unspecified atom stereocenters. The number of hydrogen-bond acceptors (Lipinski definition) is 6. The molecule has 2 heterocycles. The number of hydrogen-bond donors (Lipinski definition) is 1. The molecule has 0 fully saturated rings. The molecule has 0 saturated carbocycles. The predicted octanol–water partition coefficient (Wildman–Crippen LogP) is 3.61. The van der Waals surface area contributed by atoms with Gasteiger partial charge in [0.05, 0.1) is 22.6 Å². The monoisotopic (exact) mass is 394 g/mol. The van der Waals surface area contributed by atoms with Crippen molar-refractivity contribution < 1.29 is 14.3 Å². The molecule has 1 aromatic carbocycles. The summed E-state index contributed by atoms with van der Waals surface area (Å²) in [4.78, 5) is 25.0. The number of rotatable bonds is 5. The van der Waals surface area contributed by atoms with Crippen LogP contribution in [0.2, 0.25) is 0 Å². The van der Waals surface area contributed by atoms with Crippen LogP contribution in [-0.4, -0.2) is 27.8 Å². The third kappa shape index (κ3) is 3.80. The highest BCUT2D eigenvalue weighted by Gasteiger charge is 2.25. The number of anilines is 1. The van der Waals surface area contributed by atoms with Crippen molar-refractivity contribution in [1.29, 1.82) is 5.26 Å². The van der Waals surface area contributed by atoms with Crippen LogP contribution in [-0.2, 0) is 9.53 Å². The van der Waals surface area contributed by atoms with E-state index in [0.29, 0.717) is 27.5 Å². The van der Waals surface area contributed by atoms with Crippen LogP contribution in [0.15, 0.2) is 41.8 Å². The second-order valence-corrected chi connectivity index (χ2v) is 7.02. The maximum Gasteiger partial charge on any atom is 0.342 e. The molecule has 1 amide bonds. The Morgan fingerprint density at radius 1 is 1.25 bits per heavy atom. The zero-order valence-electron chi connectivity index (χ0n) is 15.6. The van der Waals surface area contributed by atoms with Crippen LogP contribution in [0.25, 0.3) is 5.69 Å². The van der Waals surface area contributed by atoms with E-state index in [-0.39, 0.29) is 0 Å². The van der Waals surface area contributed by atoms with Gasteiger partial charge in [-0.15, -0.1) is 11.3 Å². The molecule has 3 aromatic rings. The Kier molecular flexibility index (Phi) is 5.57. The summed E-state index contributed by atoms with van der Waals surface area (Å²) in [7, 11) is 0. The highest BCUT2D eigenvalue weighted by atomic mass is 32.1. The van der Waals surface area contributed by atoms with E-state index in [2.05, 4.69) is 10.4 Å². The van der Waals surface area contributed by atoms with Crippen molar-refractivity contribution in [2.24, 2.45) is 0 Å². The summed E-state index contributed by atoms with van der Waals surface area (Å²) in [6, 6.07) is 13.1. The molecule has 0 aliphatic carbocycles. The summed E-state index contributed by atoms with van der Waals surface area (Å²) in [6.45, 7) is 4.98. The van der Waals surface area contributed by atoms with Gasteiger partial charge in [0.15, 0.2) is 6.10 Å². The van der Waals surface area contributed by atoms with Gasteiger partial charge >= 0.3 is 5.97 Å². The Hall–Kier alpha value is -3.44. The van der Waals surface area contributed by atoms with E-state index < -0.39 is 18.0 Å². The molecule has 1 N–H and O–H groups in total. The first-order chi connectivity index (χ1) is 13.4. The molecule has 3 rings (SSSR count). The molecule has 0 spiro atoms. The van der Waals surface area contributed by atoms with Crippen molar-refractivity contribution >= 4 is 28.2 Å². The normalized spacial score (nSPS) is 11.5. The van der Waals surface area contributed by atoms with E-state index in [1.807, 2.05) is 36.4 Å². The zero-order valence-corrected chi connectivity index (χ0v) is 16.4. The summed E-state index contributed by atoms with van der Waals surface area (Å²) < 4.78 is 7.02. The van der Waals surface area contributed by atoms with Crippen LogP contribution in [0, 0.1) is 25.2 Å². The van der Waals surface area contributed by atoms with Crippen molar-refractivity contribution in [3.8, 4) is 11.8 Å². The van der Waals surface area contributed by atoms with Crippen molar-refractivity contribution in [1.82, 2.24) is 9.78 Å². The van der Waals surface area contributed by atoms with Gasteiger partial charge in [-0.2, -0.15) is 10.4 Å². The van der Waals surface area contributed by atoms with E-state index in [1.54, 1.807) is 30.0 Å². The maximum atomic E-state index is 12.7. The number of benzene rings is 1. The van der Waals surface area contributed by atoms with Gasteiger partial charge in [-0.3, -0.25) is 4.79 Å². The van der Waals surface area contributed by atoms with Crippen LogP contribution in [0.1, 0.15) is 34.2 Å². The Labute approximate surface area is 166 Å². The highest BCUT2D eigenvalue weighted by Crippen LogP contribution is 2.23. The lowest BCUT2D eigenvalue weighted by Gasteiger charge is -2.13. The number of amides is 1. The van der Waals surface area contributed by atoms with E-state index in [9.17, 15) is 9.59 Å². The molecule has 0 aliphatic rings. The molecule has 0 aliphatic heterocycles. The molecular formula is C20H18N4O3S. The van der Waals surface area contributed by atoms with Gasteiger partial charge in [0.25, 0.3) is 5.91 Å². The van der Waals surface area contributed by atoms with Gasteiger partial charge < -0.3 is 10.1 Å². The van der Waals surface area contributed by atoms with Crippen LogP contribution >= 0.6 is 11.3 Å². The quantitative estimate of drug-likeness (QED) is 0.667. The van der Waals surface area contributed by atoms with Gasteiger partial charge in [-0.1, -0.05) is 18.2 Å². The maximum absolute atomic E-state index is 12.7. The Bertz CT molecular complexity index is 1060. The molecule has 28 heavy (non-hydrogen) atoms. The summed E-state index contributed by atoms with van der Waals surface area (Å²) in [5.74, 6) is -1.12. The van der Waals surface area contributed by atoms with Gasteiger partial charge in [-0.05, 0) is 44.4 Å². The van der Waals surface area contributed by atoms with Crippen molar-refractivity contribution in [3.63, 3.8) is 0 Å². The van der Waals surface area contributed by atoms with Gasteiger partial charge in [0.2, 0.25) is 0 Å². The number of thiophene rings is 1. The molecule has 2 aromatic heterocycles. The van der Waals surface area contributed by atoms with Crippen LogP contribution in [0.3, 0.4) is 0 Å². The molecule has 0 radical (unpaired) electrons. The lowest BCUT2D eigenvalue weighted by atomic mass is 10.2. The van der Waals surface area contributed by atoms with Crippen molar-refractivity contribution in [2.45, 2.75) is 26.9 Å². The topological polar surface area (TPSA) is 97.0 Å². The van der Waals surface area contributed by atoms with Crippen LogP contribution in [0.4, 0.5) is 5.00 Å². The average molecular weight is 394 g/mol. The largest absolute Gasteiger partial charge is 0.449 e. The molecule has 1 atom stereocenters. The third-order valence-corrected chi connectivity index (χ3v) is 5.00. The summed E-state index contributed by atoms with van der Waals surface area (Å²) in [5.41, 5.74) is 2.68. The minimum atomic E-state index is -1.03. The molecular weight excluding hydrogens is 376 g/mol. The SMILES string of the molecule is Cc1nn(-c2ccccc2)c(C)c1C(=O)O[C@@H](C)C(=O)Nc1sccc1C#N. The summed E-state index contributed by atoms with van der Waals surface area (Å²) in [5, 5.41) is 18.2. The number of esters is 1. The number of aromatic nitrogens is 2. The fourth-order valence-electron chi connectivity index (χ4n) is 2.74. The minimum absolute atomic E-state index is 0.331. The van der Waals surface area contributed by atoms with Crippen LogP contribution in [0.5, 0.6) is 0 Å². The van der Waals surface area contributed by atoms with Gasteiger partial charge in [-0.25, -0.2) is 9.48 Å². The summed E-state index contributed by atoms with van der Waals surface area (Å²) >= 11 is 1.23. The third-order valence-electron chi connectivity index (χ3n) is 4.17. The highest BCUT2D eigenvalue weighted by molar-refractivity contribution is 7.14. The van der Waals surface area contributed by atoms with E-state index >= 15 is 0 Å². The fourth-order valence-corrected chi connectivity index (χ4v) is 3.48. The van der Waals surface area contributed by atoms with Gasteiger partial charge in [0, 0.05) is 0 Å². The Balaban J connectivity index is 1.75. The first-order valence-corrected chi connectivity index (χ1v) is 9.41. The lowest BCUT2D eigenvalue weighted by Crippen LogP contribution is -2.30. The number of carbonyl (C=O) groups is 2. The predicted molar refractivity (Wildman–Crippen MR) is 106 cm³/mol. The molecule has 8 heteroatoms. The first kappa shape index (κ1) is 19.3. The molecule has 0 bridgehead atoms. The Morgan fingerprint density at radius 3 is 2.64 bits per heavy atom. The first-order valence-electron chi connectivity index (χ1n) is 8.53. The number of para-hydroxylation sites is 1. The second kappa shape index (κ2) is 8.06. The average Bonchev–Trinajstić information content (AvgIpc) is 3.25. The minimum Gasteiger partial charge on any atom is -0.449 e. The van der Waals surface area contributed by atoms with Crippen LogP contribution < -0.4 is 5.32 Å². The van der Waals surface area contributed by atoms with E-state index in [0.717, 1.165) is 5.69 Å². The number of ether oxygens (including phenoxy) is 1. The Morgan fingerprint density at radius 2 is 1.96 bits per heavy atom. The summed E-state index contributed by atoms with van der Waals surface area (Å²) in [6.07, 6.45) is -1.03. The van der Waals surface area contributed by atoms with Crippen molar-refractivity contribution in [2.75, 3.05) is 5.32 Å². The lowest BCUT2D eigenvalue weighted by molar-refractivity contribution is -0.123. The molecule has 7 nitrogen and oxygen atoms in total. The van der Waals surface area contributed by atoms with Crippen molar-refractivity contribution in [3.05, 3.63) is 64.3 Å². The smallest absolute Gasteiger partial charge is 0.342 e. The zero-order chi connectivity index (χ0) is 20.3. The van der Waals surface area contributed by atoms with E-state index in [4.69, 9.17) is 10.00 Å². The standard InChI is InChI=1S/C20H18N4O3S/c1-12-17(13(2)24(23-12)16-7-5-4-6-8-16)20(26)27-14(3)18(25)22-19-15(11-21)9-10-28-19/h4-10,14H,1-3H3,(H,22,25)/t14-/m0/s1. The fraction of sp³-hybridized carbons (Fsp3) is 0.200. The second-order valence-electron chi connectivity index (χ2n) is 6.11. The number of nitrogens with one attached hydrogen (secondary N) is 1.